The predicted octanol–water partition coefficient (Wildman–Crippen LogP) is 2.68. The topological polar surface area (TPSA) is 26.3 Å². The molecule has 0 aliphatic carbocycles. The van der Waals surface area contributed by atoms with Crippen molar-refractivity contribution in [3.63, 3.8) is 0 Å². The first-order valence-electron chi connectivity index (χ1n) is 3.68. The first kappa shape index (κ1) is 9.81. The number of benzene rings is 1. The van der Waals surface area contributed by atoms with E-state index in [1.165, 1.54) is 7.11 Å². The molecule has 0 N–H and O–H groups in total. The molecule has 68 valence electrons. The third kappa shape index (κ3) is 2.33. The minimum absolute atomic E-state index is 0.375. The molecule has 1 rings (SSSR count). The summed E-state index contributed by atoms with van der Waals surface area (Å²) in [6, 6.07) is 6.81. The van der Waals surface area contributed by atoms with Gasteiger partial charge < -0.3 is 4.74 Å². The molecule has 3 heteroatoms. The van der Waals surface area contributed by atoms with E-state index in [0.29, 0.717) is 10.6 Å². The van der Waals surface area contributed by atoms with Crippen LogP contribution in [0.15, 0.2) is 30.8 Å². The van der Waals surface area contributed by atoms with E-state index in [4.69, 9.17) is 11.6 Å². The van der Waals surface area contributed by atoms with E-state index in [1.807, 2.05) is 0 Å². The van der Waals surface area contributed by atoms with E-state index < -0.39 is 0 Å². The minimum atomic E-state index is -0.375. The second-order valence-electron chi connectivity index (χ2n) is 2.48. The van der Waals surface area contributed by atoms with Crippen LogP contribution in [0.25, 0.3) is 5.03 Å². The molecule has 0 radical (unpaired) electrons. The smallest absolute Gasteiger partial charge is 0.337 e. The lowest BCUT2D eigenvalue weighted by molar-refractivity contribution is 0.0600. The third-order valence-corrected chi connectivity index (χ3v) is 1.82. The number of halogens is 1. The van der Waals surface area contributed by atoms with Gasteiger partial charge >= 0.3 is 5.97 Å². The first-order valence-corrected chi connectivity index (χ1v) is 4.06. The van der Waals surface area contributed by atoms with E-state index >= 15 is 0 Å². The molecule has 0 amide bonds. The zero-order valence-electron chi connectivity index (χ0n) is 7.21. The molecule has 13 heavy (non-hydrogen) atoms. The van der Waals surface area contributed by atoms with Gasteiger partial charge in [0.1, 0.15) is 0 Å². The predicted molar refractivity (Wildman–Crippen MR) is 52.7 cm³/mol. The van der Waals surface area contributed by atoms with Gasteiger partial charge in [-0.25, -0.2) is 4.79 Å². The Hall–Kier alpha value is -1.28. The van der Waals surface area contributed by atoms with Crippen LogP contribution in [0.1, 0.15) is 15.9 Å². The van der Waals surface area contributed by atoms with Gasteiger partial charge in [-0.3, -0.25) is 0 Å². The summed E-state index contributed by atoms with van der Waals surface area (Å²) in [6.07, 6.45) is 0. The second kappa shape index (κ2) is 4.10. The highest BCUT2D eigenvalue weighted by atomic mass is 35.5. The number of carbonyl (C=O) groups is 1. The minimum Gasteiger partial charge on any atom is -0.465 e. The van der Waals surface area contributed by atoms with Crippen molar-refractivity contribution < 1.29 is 9.53 Å². The number of hydrogen-bond donors (Lipinski definition) is 0. The Morgan fingerprint density at radius 2 is 2.08 bits per heavy atom. The maximum Gasteiger partial charge on any atom is 0.337 e. The quantitative estimate of drug-likeness (QED) is 0.680. The van der Waals surface area contributed by atoms with Gasteiger partial charge in [0.05, 0.1) is 12.7 Å². The zero-order valence-corrected chi connectivity index (χ0v) is 7.97. The van der Waals surface area contributed by atoms with E-state index in [-0.39, 0.29) is 5.97 Å². The lowest BCUT2D eigenvalue weighted by Crippen LogP contribution is -2.00. The molecule has 0 unspecified atom stereocenters. The van der Waals surface area contributed by atoms with Crippen molar-refractivity contribution in [2.24, 2.45) is 0 Å². The van der Waals surface area contributed by atoms with Crippen LogP contribution in [-0.4, -0.2) is 13.1 Å². The average molecular weight is 197 g/mol. The Morgan fingerprint density at radius 1 is 1.46 bits per heavy atom. The Bertz CT molecular complexity index is 345. The molecule has 1 aromatic carbocycles. The highest BCUT2D eigenvalue weighted by Gasteiger charge is 2.05. The number of ether oxygens (including phenoxy) is 1. The lowest BCUT2D eigenvalue weighted by Gasteiger charge is -2.01. The van der Waals surface area contributed by atoms with Crippen molar-refractivity contribution in [1.82, 2.24) is 0 Å². The van der Waals surface area contributed by atoms with Gasteiger partial charge in [0, 0.05) is 5.03 Å². The zero-order chi connectivity index (χ0) is 9.84. The van der Waals surface area contributed by atoms with E-state index in [0.717, 1.165) is 5.56 Å². The van der Waals surface area contributed by atoms with Crippen molar-refractivity contribution in [2.45, 2.75) is 0 Å². The van der Waals surface area contributed by atoms with Gasteiger partial charge in [0.2, 0.25) is 0 Å². The van der Waals surface area contributed by atoms with Gasteiger partial charge in [-0.05, 0) is 17.7 Å². The van der Waals surface area contributed by atoms with Gasteiger partial charge in [0.15, 0.2) is 0 Å². The average Bonchev–Trinajstić information content (AvgIpc) is 2.17. The normalized spacial score (nSPS) is 9.38. The highest BCUT2D eigenvalue weighted by molar-refractivity contribution is 6.48. The summed E-state index contributed by atoms with van der Waals surface area (Å²) in [5.74, 6) is -0.375. The van der Waals surface area contributed by atoms with Crippen LogP contribution in [-0.2, 0) is 4.74 Å². The molecular formula is C10H9ClO2. The number of esters is 1. The van der Waals surface area contributed by atoms with Crippen molar-refractivity contribution >= 4 is 22.6 Å². The fraction of sp³-hybridized carbons (Fsp3) is 0.100. The largest absolute Gasteiger partial charge is 0.465 e. The first-order chi connectivity index (χ1) is 6.15. The molecule has 0 saturated heterocycles. The van der Waals surface area contributed by atoms with Crippen LogP contribution < -0.4 is 0 Å². The summed E-state index contributed by atoms with van der Waals surface area (Å²) < 4.78 is 4.56. The molecule has 2 nitrogen and oxygen atoms in total. The molecule has 0 atom stereocenters. The molecule has 0 heterocycles. The Labute approximate surface area is 81.8 Å². The van der Waals surface area contributed by atoms with Gasteiger partial charge in [-0.15, -0.1) is 0 Å². The summed E-state index contributed by atoms with van der Waals surface area (Å²) >= 11 is 5.68. The monoisotopic (exact) mass is 196 g/mol. The standard InChI is InChI=1S/C10H9ClO2/c1-7(11)8-4-3-5-9(6-8)10(12)13-2/h3-6H,1H2,2H3. The molecule has 0 spiro atoms. The number of hydrogen-bond acceptors (Lipinski definition) is 2. The van der Waals surface area contributed by atoms with Crippen LogP contribution in [0.5, 0.6) is 0 Å². The Morgan fingerprint density at radius 3 is 2.62 bits per heavy atom. The van der Waals surface area contributed by atoms with Gasteiger partial charge in [-0.1, -0.05) is 30.3 Å². The molecule has 1 aromatic rings. The highest BCUT2D eigenvalue weighted by Crippen LogP contribution is 2.17. The molecule has 0 aromatic heterocycles. The Balaban J connectivity index is 3.05. The van der Waals surface area contributed by atoms with Crippen LogP contribution in [0.3, 0.4) is 0 Å². The van der Waals surface area contributed by atoms with Crippen molar-refractivity contribution in [3.8, 4) is 0 Å². The SMILES string of the molecule is C=C(Cl)c1cccc(C(=O)OC)c1. The maximum atomic E-state index is 11.1. The molecular weight excluding hydrogens is 188 g/mol. The molecule has 0 bridgehead atoms. The summed E-state index contributed by atoms with van der Waals surface area (Å²) in [6.45, 7) is 3.56. The number of rotatable bonds is 2. The van der Waals surface area contributed by atoms with Gasteiger partial charge in [-0.2, -0.15) is 0 Å². The number of carbonyl (C=O) groups excluding carboxylic acids is 1. The summed E-state index contributed by atoms with van der Waals surface area (Å²) in [4.78, 5) is 11.1. The lowest BCUT2D eigenvalue weighted by atomic mass is 10.1. The van der Waals surface area contributed by atoms with E-state index in [9.17, 15) is 4.79 Å². The Kier molecular flexibility index (Phi) is 3.09. The number of methoxy groups -OCH3 is 1. The summed E-state index contributed by atoms with van der Waals surface area (Å²) in [5, 5.41) is 0.408. The van der Waals surface area contributed by atoms with Crippen LogP contribution in [0.2, 0.25) is 0 Å². The van der Waals surface area contributed by atoms with Crippen molar-refractivity contribution in [1.29, 1.82) is 0 Å². The second-order valence-corrected chi connectivity index (χ2v) is 2.93. The summed E-state index contributed by atoms with van der Waals surface area (Å²) in [7, 11) is 1.34. The maximum absolute atomic E-state index is 11.1. The van der Waals surface area contributed by atoms with Crippen LogP contribution in [0, 0.1) is 0 Å². The van der Waals surface area contributed by atoms with E-state index in [2.05, 4.69) is 11.3 Å². The van der Waals surface area contributed by atoms with Gasteiger partial charge in [0.25, 0.3) is 0 Å². The van der Waals surface area contributed by atoms with Crippen LogP contribution >= 0.6 is 11.6 Å². The third-order valence-electron chi connectivity index (χ3n) is 1.60. The molecule has 0 fully saturated rings. The van der Waals surface area contributed by atoms with Crippen molar-refractivity contribution in [2.75, 3.05) is 7.11 Å². The molecule has 0 aliphatic heterocycles. The fourth-order valence-corrected chi connectivity index (χ4v) is 1.05. The molecule has 0 saturated carbocycles. The van der Waals surface area contributed by atoms with Crippen LogP contribution in [0.4, 0.5) is 0 Å². The fourth-order valence-electron chi connectivity index (χ4n) is 0.933. The summed E-state index contributed by atoms with van der Waals surface area (Å²) in [5.41, 5.74) is 1.20. The molecule has 0 aliphatic rings. The van der Waals surface area contributed by atoms with E-state index in [1.54, 1.807) is 24.3 Å². The van der Waals surface area contributed by atoms with Crippen molar-refractivity contribution in [3.05, 3.63) is 42.0 Å².